The SMILES string of the molecule is CN1c2nc(-c3cnn(CC(F)(F)F)c3)c(Cl)cc2N2CCC1C2.CSC(CO)COc1cc(NC=O)ccn1. The number of carbonyl (C=O) groups excluding carboxylic acids is 1. The van der Waals surface area contributed by atoms with E-state index in [9.17, 15) is 18.0 Å². The molecule has 5 heterocycles. The van der Waals surface area contributed by atoms with Gasteiger partial charge in [0.1, 0.15) is 13.2 Å². The van der Waals surface area contributed by atoms with Crippen molar-refractivity contribution < 1.29 is 27.8 Å². The van der Waals surface area contributed by atoms with Crippen molar-refractivity contribution in [1.82, 2.24) is 19.7 Å². The van der Waals surface area contributed by atoms with Gasteiger partial charge in [-0.1, -0.05) is 11.6 Å². The molecule has 5 rings (SSSR count). The second kappa shape index (κ2) is 13.0. The number of fused-ring (bicyclic) bond motifs is 4. The monoisotopic (exact) mass is 599 g/mol. The van der Waals surface area contributed by atoms with Gasteiger partial charge >= 0.3 is 6.18 Å². The average Bonchev–Trinajstić information content (AvgIpc) is 3.56. The third kappa shape index (κ3) is 7.29. The molecule has 2 N–H and O–H groups in total. The van der Waals surface area contributed by atoms with Gasteiger partial charge in [-0.25, -0.2) is 9.97 Å². The number of rotatable bonds is 9. The van der Waals surface area contributed by atoms with E-state index >= 15 is 0 Å². The maximum atomic E-state index is 12.5. The Bertz CT molecular complexity index is 1310. The second-order valence-electron chi connectivity index (χ2n) is 9.20. The minimum atomic E-state index is -4.32. The normalized spacial score (nSPS) is 16.6. The van der Waals surface area contributed by atoms with Crippen LogP contribution in [0.4, 0.5) is 30.4 Å². The van der Waals surface area contributed by atoms with Crippen LogP contribution in [0.25, 0.3) is 11.3 Å². The van der Waals surface area contributed by atoms with Gasteiger partial charge in [-0.3, -0.25) is 9.48 Å². The summed E-state index contributed by atoms with van der Waals surface area (Å²) in [6.45, 7) is 1.22. The maximum Gasteiger partial charge on any atom is 0.408 e. The molecule has 3 aromatic heterocycles. The van der Waals surface area contributed by atoms with Gasteiger partial charge in [-0.2, -0.15) is 30.0 Å². The number of hydrogen-bond donors (Lipinski definition) is 2. The summed E-state index contributed by atoms with van der Waals surface area (Å²) in [5.74, 6) is 1.24. The Morgan fingerprint density at radius 3 is 2.88 bits per heavy atom. The lowest BCUT2D eigenvalue weighted by molar-refractivity contribution is -0.142. The van der Waals surface area contributed by atoms with Crippen LogP contribution < -0.4 is 19.9 Å². The molecule has 40 heavy (non-hydrogen) atoms. The molecule has 1 fully saturated rings. The third-order valence-corrected chi connectivity index (χ3v) is 7.72. The topological polar surface area (TPSA) is 109 Å². The number of likely N-dealkylation sites (N-methyl/N-ethyl adjacent to an activating group) is 1. The van der Waals surface area contributed by atoms with E-state index in [-0.39, 0.29) is 11.9 Å². The maximum absolute atomic E-state index is 12.5. The minimum absolute atomic E-state index is 0.0319. The van der Waals surface area contributed by atoms with Gasteiger partial charge in [0, 0.05) is 55.9 Å². The number of ether oxygens (including phenoxy) is 1. The summed E-state index contributed by atoms with van der Waals surface area (Å²) in [5, 5.41) is 15.7. The number of amides is 1. The number of hydrogen-bond acceptors (Lipinski definition) is 9. The second-order valence-corrected chi connectivity index (χ2v) is 10.7. The molecule has 3 aromatic rings. The van der Waals surface area contributed by atoms with Crippen LogP contribution in [-0.2, 0) is 11.3 Å². The molecule has 1 amide bonds. The van der Waals surface area contributed by atoms with Gasteiger partial charge in [0.25, 0.3) is 0 Å². The van der Waals surface area contributed by atoms with Crippen molar-refractivity contribution in [2.24, 2.45) is 0 Å². The first-order valence-electron chi connectivity index (χ1n) is 12.3. The van der Waals surface area contributed by atoms with Gasteiger partial charge in [0.05, 0.1) is 34.5 Å². The standard InChI is InChI=1S/C15H15ClF3N5.C10H14N2O3S/c1-22-10-2-3-23(7-10)12-4-11(16)13(21-14(12)22)9-5-20-24(6-9)8-15(17,18)19;1-16-9(5-13)6-15-10-4-8(12-7-14)2-3-11-10/h4-6,10H,2-3,7-8H2,1H3;2-4,7,9,13H,5-6H2,1H3,(H,11,12,14). The molecule has 2 unspecified atom stereocenters. The molecule has 0 spiro atoms. The molecule has 0 aliphatic carbocycles. The number of halogens is 4. The smallest absolute Gasteiger partial charge is 0.408 e. The van der Waals surface area contributed by atoms with E-state index in [2.05, 4.69) is 30.2 Å². The largest absolute Gasteiger partial charge is 0.476 e. The fourth-order valence-corrected chi connectivity index (χ4v) is 5.00. The Balaban J connectivity index is 0.000000202. The number of nitrogens with zero attached hydrogens (tertiary/aromatic N) is 6. The van der Waals surface area contributed by atoms with Crippen molar-refractivity contribution in [3.63, 3.8) is 0 Å². The zero-order valence-corrected chi connectivity index (χ0v) is 23.4. The van der Waals surface area contributed by atoms with Crippen LogP contribution >= 0.6 is 23.4 Å². The fourth-order valence-electron chi connectivity index (χ4n) is 4.39. The highest BCUT2D eigenvalue weighted by atomic mass is 35.5. The minimum Gasteiger partial charge on any atom is -0.476 e. The zero-order valence-electron chi connectivity index (χ0n) is 21.8. The Kier molecular flexibility index (Phi) is 9.64. The van der Waals surface area contributed by atoms with E-state index in [1.807, 2.05) is 19.4 Å². The van der Waals surface area contributed by atoms with Gasteiger partial charge in [0.15, 0.2) is 5.82 Å². The van der Waals surface area contributed by atoms with E-state index < -0.39 is 12.7 Å². The highest BCUT2D eigenvalue weighted by Gasteiger charge is 2.36. The average molecular weight is 600 g/mol. The molecule has 2 atom stereocenters. The molecule has 0 saturated carbocycles. The first-order chi connectivity index (χ1) is 19.1. The Hall–Kier alpha value is -3.23. The number of aromatic nitrogens is 4. The highest BCUT2D eigenvalue weighted by molar-refractivity contribution is 7.99. The van der Waals surface area contributed by atoms with Crippen LogP contribution in [0.5, 0.6) is 5.88 Å². The summed E-state index contributed by atoms with van der Waals surface area (Å²) >= 11 is 7.88. The first-order valence-corrected chi connectivity index (χ1v) is 14.0. The van der Waals surface area contributed by atoms with Crippen LogP contribution in [-0.4, -0.2) is 88.3 Å². The number of aliphatic hydroxyl groups is 1. The van der Waals surface area contributed by atoms with Crippen molar-refractivity contribution in [3.8, 4) is 17.1 Å². The molecule has 0 radical (unpaired) electrons. The third-order valence-electron chi connectivity index (χ3n) is 6.48. The zero-order chi connectivity index (χ0) is 28.9. The van der Waals surface area contributed by atoms with E-state index in [4.69, 9.17) is 21.4 Å². The lowest BCUT2D eigenvalue weighted by Gasteiger charge is -2.35. The van der Waals surface area contributed by atoms with Crippen LogP contribution in [0.1, 0.15) is 6.42 Å². The highest BCUT2D eigenvalue weighted by Crippen LogP contribution is 2.42. The van der Waals surface area contributed by atoms with Crippen LogP contribution in [0, 0.1) is 0 Å². The van der Waals surface area contributed by atoms with Crippen molar-refractivity contribution in [3.05, 3.63) is 41.8 Å². The Morgan fingerprint density at radius 2 is 2.17 bits per heavy atom. The number of nitrogens with one attached hydrogen (secondary N) is 1. The lowest BCUT2D eigenvalue weighted by Crippen LogP contribution is -2.40. The first kappa shape index (κ1) is 29.7. The number of anilines is 3. The van der Waals surface area contributed by atoms with Crippen LogP contribution in [0.3, 0.4) is 0 Å². The molecule has 0 aromatic carbocycles. The van der Waals surface area contributed by atoms with Crippen molar-refractivity contribution in [1.29, 1.82) is 0 Å². The van der Waals surface area contributed by atoms with Crippen LogP contribution in [0.15, 0.2) is 36.8 Å². The molecule has 216 valence electrons. The molecular formula is C25H29ClF3N7O3S. The summed E-state index contributed by atoms with van der Waals surface area (Å²) in [4.78, 5) is 23.2. The predicted octanol–water partition coefficient (Wildman–Crippen LogP) is 3.94. The molecule has 2 aliphatic rings. The van der Waals surface area contributed by atoms with Gasteiger partial charge < -0.3 is 25.0 Å². The fraction of sp³-hybridized carbons (Fsp3) is 0.440. The van der Waals surface area contributed by atoms with E-state index in [0.717, 1.165) is 35.7 Å². The van der Waals surface area contributed by atoms with Crippen molar-refractivity contribution >= 4 is 47.0 Å². The summed E-state index contributed by atoms with van der Waals surface area (Å²) in [6, 6.07) is 5.55. The Labute approximate surface area is 238 Å². The number of alkyl halides is 3. The van der Waals surface area contributed by atoms with Gasteiger partial charge in [-0.05, 0) is 24.8 Å². The van der Waals surface area contributed by atoms with E-state index in [1.165, 1.54) is 24.2 Å². The van der Waals surface area contributed by atoms with Crippen molar-refractivity contribution in [2.75, 3.05) is 54.7 Å². The predicted molar refractivity (Wildman–Crippen MR) is 149 cm³/mol. The van der Waals surface area contributed by atoms with Crippen molar-refractivity contribution in [2.45, 2.75) is 30.4 Å². The molecule has 2 bridgehead atoms. The number of pyridine rings is 2. The molecule has 2 aliphatic heterocycles. The summed E-state index contributed by atoms with van der Waals surface area (Å²) in [5.41, 5.74) is 2.54. The molecule has 15 heteroatoms. The molecule has 1 saturated heterocycles. The quantitative estimate of drug-likeness (QED) is 0.354. The summed E-state index contributed by atoms with van der Waals surface area (Å²) in [7, 11) is 1.99. The van der Waals surface area contributed by atoms with Crippen LogP contribution in [0.2, 0.25) is 5.02 Å². The van der Waals surface area contributed by atoms with E-state index in [0.29, 0.717) is 46.9 Å². The number of thioether (sulfide) groups is 1. The van der Waals surface area contributed by atoms with Gasteiger partial charge in [0.2, 0.25) is 12.3 Å². The molecule has 10 nitrogen and oxygen atoms in total. The lowest BCUT2D eigenvalue weighted by atomic mass is 10.1. The number of carbonyl (C=O) groups is 1. The van der Waals surface area contributed by atoms with Gasteiger partial charge in [-0.15, -0.1) is 0 Å². The summed E-state index contributed by atoms with van der Waals surface area (Å²) in [6.07, 6.45) is 3.48. The Morgan fingerprint density at radius 1 is 1.38 bits per heavy atom. The number of aliphatic hydroxyl groups excluding tert-OH is 1. The van der Waals surface area contributed by atoms with E-state index in [1.54, 1.807) is 18.3 Å². The molecular weight excluding hydrogens is 571 g/mol. The summed E-state index contributed by atoms with van der Waals surface area (Å²) < 4.78 is 43.7.